The van der Waals surface area contributed by atoms with Crippen molar-refractivity contribution in [3.05, 3.63) is 46.0 Å². The number of aromatic nitrogens is 2. The van der Waals surface area contributed by atoms with E-state index in [1.807, 2.05) is 24.3 Å². The van der Waals surface area contributed by atoms with Gasteiger partial charge < -0.3 is 5.32 Å². The third-order valence-corrected chi connectivity index (χ3v) is 3.64. The van der Waals surface area contributed by atoms with Crippen molar-refractivity contribution in [1.29, 1.82) is 0 Å². The number of nitrogens with zero attached hydrogens (tertiary/aromatic N) is 1. The molecule has 2 aromatic rings. The molecule has 6 heteroatoms. The Balaban J connectivity index is 2.32. The van der Waals surface area contributed by atoms with E-state index in [0.717, 1.165) is 10.6 Å². The van der Waals surface area contributed by atoms with Gasteiger partial charge in [-0.25, -0.2) is 9.78 Å². The van der Waals surface area contributed by atoms with E-state index in [9.17, 15) is 4.79 Å². The number of aromatic amines is 1. The van der Waals surface area contributed by atoms with Gasteiger partial charge >= 0.3 is 5.69 Å². The van der Waals surface area contributed by atoms with Gasteiger partial charge in [-0.2, -0.15) is 0 Å². The van der Waals surface area contributed by atoms with Gasteiger partial charge in [-0.1, -0.05) is 37.6 Å². The molecule has 0 fully saturated rings. The Morgan fingerprint density at radius 1 is 1.37 bits per heavy atom. The molecule has 4 nitrogen and oxygen atoms in total. The Morgan fingerprint density at radius 2 is 2.11 bits per heavy atom. The summed E-state index contributed by atoms with van der Waals surface area (Å²) in [6.45, 7) is 4.26. The molecule has 0 saturated carbocycles. The zero-order valence-corrected chi connectivity index (χ0v) is 12.2. The Kier molecular flexibility index (Phi) is 4.50. The van der Waals surface area contributed by atoms with Crippen molar-refractivity contribution in [3.8, 4) is 0 Å². The van der Waals surface area contributed by atoms with E-state index in [0.29, 0.717) is 16.1 Å². The van der Waals surface area contributed by atoms with Crippen LogP contribution in [0.3, 0.4) is 0 Å². The maximum absolute atomic E-state index is 11.2. The summed E-state index contributed by atoms with van der Waals surface area (Å²) in [4.78, 5) is 18.5. The van der Waals surface area contributed by atoms with Crippen LogP contribution in [0.2, 0.25) is 5.02 Å². The largest absolute Gasteiger partial charge is 0.346 e. The quantitative estimate of drug-likeness (QED) is 0.845. The highest BCUT2D eigenvalue weighted by Gasteiger charge is 2.08. The molecule has 0 saturated heterocycles. The number of para-hydroxylation sites is 1. The topological polar surface area (TPSA) is 57.8 Å². The van der Waals surface area contributed by atoms with Crippen molar-refractivity contribution < 1.29 is 0 Å². The van der Waals surface area contributed by atoms with Gasteiger partial charge in [0, 0.05) is 10.1 Å². The van der Waals surface area contributed by atoms with Crippen LogP contribution in [0.15, 0.2) is 40.2 Å². The van der Waals surface area contributed by atoms with Crippen molar-refractivity contribution in [1.82, 2.24) is 9.97 Å². The molecule has 0 radical (unpaired) electrons. The van der Waals surface area contributed by atoms with Crippen molar-refractivity contribution >= 4 is 34.9 Å². The van der Waals surface area contributed by atoms with Gasteiger partial charge in [-0.15, -0.1) is 11.8 Å². The molecule has 1 aromatic carbocycles. The van der Waals surface area contributed by atoms with E-state index in [1.165, 1.54) is 6.20 Å². The minimum Gasteiger partial charge on any atom is -0.339 e. The summed E-state index contributed by atoms with van der Waals surface area (Å²) in [6, 6.07) is 7.88. The molecule has 0 aliphatic heterocycles. The van der Waals surface area contributed by atoms with Crippen LogP contribution in [-0.4, -0.2) is 15.2 Å². The lowest BCUT2D eigenvalue weighted by molar-refractivity contribution is 1.08. The standard InChI is InChI=1S/C13H14ClN3OS/c1-8(2)19-11-6-4-3-5-10(11)16-12-9(14)7-15-13(18)17-12/h3-8H,1-2H3,(H2,15,16,17,18). The zero-order chi connectivity index (χ0) is 13.8. The van der Waals surface area contributed by atoms with Crippen molar-refractivity contribution in [2.45, 2.75) is 24.0 Å². The van der Waals surface area contributed by atoms with E-state index in [-0.39, 0.29) is 0 Å². The number of hydrogen-bond acceptors (Lipinski definition) is 4. The molecule has 2 rings (SSSR count). The maximum Gasteiger partial charge on any atom is 0.346 e. The molecule has 0 spiro atoms. The van der Waals surface area contributed by atoms with Crippen LogP contribution in [0.1, 0.15) is 13.8 Å². The molecule has 0 bridgehead atoms. The Hall–Kier alpha value is -1.46. The van der Waals surface area contributed by atoms with Crippen LogP contribution in [-0.2, 0) is 0 Å². The van der Waals surface area contributed by atoms with E-state index < -0.39 is 5.69 Å². The summed E-state index contributed by atoms with van der Waals surface area (Å²) >= 11 is 7.74. The highest BCUT2D eigenvalue weighted by molar-refractivity contribution is 8.00. The Labute approximate surface area is 120 Å². The highest BCUT2D eigenvalue weighted by atomic mass is 35.5. The number of anilines is 2. The molecular formula is C13H14ClN3OS. The second kappa shape index (κ2) is 6.12. The number of halogens is 1. The number of thioether (sulfide) groups is 1. The lowest BCUT2D eigenvalue weighted by Crippen LogP contribution is -2.11. The fraction of sp³-hybridized carbons (Fsp3) is 0.231. The summed E-state index contributed by atoms with van der Waals surface area (Å²) in [5.74, 6) is 0.457. The molecule has 1 heterocycles. The van der Waals surface area contributed by atoms with Gasteiger partial charge in [0.05, 0.1) is 16.9 Å². The first-order valence-electron chi connectivity index (χ1n) is 5.84. The lowest BCUT2D eigenvalue weighted by Gasteiger charge is -2.13. The second-order valence-corrected chi connectivity index (χ2v) is 6.22. The first-order chi connectivity index (χ1) is 9.06. The molecular weight excluding hydrogens is 282 g/mol. The van der Waals surface area contributed by atoms with Crippen molar-refractivity contribution in [2.24, 2.45) is 0 Å². The minimum atomic E-state index is -0.430. The average Bonchev–Trinajstić information content (AvgIpc) is 2.35. The van der Waals surface area contributed by atoms with Crippen LogP contribution in [0.5, 0.6) is 0 Å². The minimum absolute atomic E-state index is 0.379. The average molecular weight is 296 g/mol. The Bertz CT molecular complexity index is 627. The Morgan fingerprint density at radius 3 is 2.84 bits per heavy atom. The molecule has 1 aromatic heterocycles. The van der Waals surface area contributed by atoms with Gasteiger partial charge in [0.2, 0.25) is 0 Å². The predicted octanol–water partition coefficient (Wildman–Crippen LogP) is 3.67. The van der Waals surface area contributed by atoms with E-state index in [1.54, 1.807) is 11.8 Å². The summed E-state index contributed by atoms with van der Waals surface area (Å²) in [6.07, 6.45) is 1.33. The third kappa shape index (κ3) is 3.75. The first-order valence-corrected chi connectivity index (χ1v) is 7.09. The number of nitrogens with one attached hydrogen (secondary N) is 2. The number of hydrogen-bond donors (Lipinski definition) is 2. The molecule has 100 valence electrons. The van der Waals surface area contributed by atoms with Crippen LogP contribution < -0.4 is 11.0 Å². The SMILES string of the molecule is CC(C)Sc1ccccc1Nc1[nH]c(=O)ncc1Cl. The summed E-state index contributed by atoms with van der Waals surface area (Å²) in [5.41, 5.74) is 0.478. The molecule has 0 atom stereocenters. The third-order valence-electron chi connectivity index (χ3n) is 2.28. The van der Waals surface area contributed by atoms with Crippen LogP contribution in [0, 0.1) is 0 Å². The van der Waals surface area contributed by atoms with Crippen molar-refractivity contribution in [3.63, 3.8) is 0 Å². The molecule has 0 aliphatic rings. The summed E-state index contributed by atoms with van der Waals surface area (Å²) in [5, 5.41) is 3.98. The molecule has 2 N–H and O–H groups in total. The molecule has 0 unspecified atom stereocenters. The second-order valence-electron chi connectivity index (χ2n) is 4.20. The van der Waals surface area contributed by atoms with Gasteiger partial charge in [0.1, 0.15) is 5.82 Å². The normalized spacial score (nSPS) is 10.7. The fourth-order valence-corrected chi connectivity index (χ4v) is 2.59. The fourth-order valence-electron chi connectivity index (χ4n) is 1.53. The van der Waals surface area contributed by atoms with Gasteiger partial charge in [-0.05, 0) is 12.1 Å². The molecule has 0 aliphatic carbocycles. The smallest absolute Gasteiger partial charge is 0.339 e. The lowest BCUT2D eigenvalue weighted by atomic mass is 10.3. The van der Waals surface area contributed by atoms with Gasteiger partial charge in [-0.3, -0.25) is 4.98 Å². The van der Waals surface area contributed by atoms with Gasteiger partial charge in [0.15, 0.2) is 0 Å². The summed E-state index contributed by atoms with van der Waals surface area (Å²) in [7, 11) is 0. The highest BCUT2D eigenvalue weighted by Crippen LogP contribution is 2.32. The first kappa shape index (κ1) is 14.0. The van der Waals surface area contributed by atoms with Crippen LogP contribution >= 0.6 is 23.4 Å². The van der Waals surface area contributed by atoms with Gasteiger partial charge in [0.25, 0.3) is 0 Å². The van der Waals surface area contributed by atoms with Crippen LogP contribution in [0.25, 0.3) is 0 Å². The van der Waals surface area contributed by atoms with E-state index in [4.69, 9.17) is 11.6 Å². The van der Waals surface area contributed by atoms with E-state index in [2.05, 4.69) is 29.1 Å². The molecule has 0 amide bonds. The van der Waals surface area contributed by atoms with Crippen LogP contribution in [0.4, 0.5) is 11.5 Å². The monoisotopic (exact) mass is 295 g/mol. The number of H-pyrrole nitrogens is 1. The predicted molar refractivity (Wildman–Crippen MR) is 80.6 cm³/mol. The number of rotatable bonds is 4. The van der Waals surface area contributed by atoms with Crippen molar-refractivity contribution in [2.75, 3.05) is 5.32 Å². The zero-order valence-electron chi connectivity index (χ0n) is 10.6. The number of benzene rings is 1. The van der Waals surface area contributed by atoms with E-state index >= 15 is 0 Å². The maximum atomic E-state index is 11.2. The summed E-state index contributed by atoms with van der Waals surface area (Å²) < 4.78 is 0. The molecule has 19 heavy (non-hydrogen) atoms.